The maximum atomic E-state index is 12.0. The SMILES string of the molecule is Cc1cc(-c2cccs2)nn1CCNC(=O)N1CCOCC1. The van der Waals surface area contributed by atoms with Crippen molar-refractivity contribution in [3.63, 3.8) is 0 Å². The molecule has 0 bridgehead atoms. The van der Waals surface area contributed by atoms with Crippen LogP contribution in [0.15, 0.2) is 23.6 Å². The van der Waals surface area contributed by atoms with Gasteiger partial charge in [-0.15, -0.1) is 11.3 Å². The minimum Gasteiger partial charge on any atom is -0.378 e. The van der Waals surface area contributed by atoms with Gasteiger partial charge in [0.15, 0.2) is 0 Å². The van der Waals surface area contributed by atoms with E-state index in [-0.39, 0.29) is 6.03 Å². The molecular weight excluding hydrogens is 300 g/mol. The van der Waals surface area contributed by atoms with Gasteiger partial charge in [-0.05, 0) is 24.4 Å². The zero-order valence-corrected chi connectivity index (χ0v) is 13.4. The lowest BCUT2D eigenvalue weighted by Gasteiger charge is -2.26. The van der Waals surface area contributed by atoms with E-state index in [0.717, 1.165) is 11.4 Å². The number of rotatable bonds is 4. The van der Waals surface area contributed by atoms with Gasteiger partial charge in [0.25, 0.3) is 0 Å². The second kappa shape index (κ2) is 6.93. The zero-order valence-electron chi connectivity index (χ0n) is 12.6. The predicted molar refractivity (Wildman–Crippen MR) is 86.1 cm³/mol. The van der Waals surface area contributed by atoms with Crippen LogP contribution in [-0.4, -0.2) is 53.6 Å². The number of hydrogen-bond donors (Lipinski definition) is 1. The minimum absolute atomic E-state index is 0.0217. The van der Waals surface area contributed by atoms with Crippen LogP contribution < -0.4 is 5.32 Å². The molecular formula is C15H20N4O2S. The largest absolute Gasteiger partial charge is 0.378 e. The zero-order chi connectivity index (χ0) is 15.4. The Hall–Kier alpha value is -1.86. The molecule has 7 heteroatoms. The van der Waals surface area contributed by atoms with Crippen molar-refractivity contribution in [2.45, 2.75) is 13.5 Å². The van der Waals surface area contributed by atoms with Crippen molar-refractivity contribution in [3.8, 4) is 10.6 Å². The van der Waals surface area contributed by atoms with E-state index in [9.17, 15) is 4.79 Å². The maximum absolute atomic E-state index is 12.0. The van der Waals surface area contributed by atoms with Crippen LogP contribution in [0.25, 0.3) is 10.6 Å². The summed E-state index contributed by atoms with van der Waals surface area (Å²) in [5.41, 5.74) is 2.09. The molecule has 0 saturated carbocycles. The van der Waals surface area contributed by atoms with Crippen molar-refractivity contribution >= 4 is 17.4 Å². The van der Waals surface area contributed by atoms with Crippen LogP contribution in [0.3, 0.4) is 0 Å². The van der Waals surface area contributed by atoms with Crippen molar-refractivity contribution < 1.29 is 9.53 Å². The molecule has 118 valence electrons. The number of hydrogen-bond acceptors (Lipinski definition) is 4. The Kier molecular flexibility index (Phi) is 4.74. The molecule has 1 saturated heterocycles. The third-order valence-corrected chi connectivity index (χ3v) is 4.55. The Morgan fingerprint density at radius 1 is 1.45 bits per heavy atom. The Morgan fingerprint density at radius 2 is 2.27 bits per heavy atom. The molecule has 2 aromatic rings. The maximum Gasteiger partial charge on any atom is 0.317 e. The van der Waals surface area contributed by atoms with Crippen molar-refractivity contribution in [1.82, 2.24) is 20.0 Å². The number of thiophene rings is 1. The number of aryl methyl sites for hydroxylation is 1. The lowest BCUT2D eigenvalue weighted by Crippen LogP contribution is -2.46. The van der Waals surface area contributed by atoms with Crippen molar-refractivity contribution in [1.29, 1.82) is 0 Å². The molecule has 1 fully saturated rings. The smallest absolute Gasteiger partial charge is 0.317 e. The minimum atomic E-state index is -0.0217. The fourth-order valence-electron chi connectivity index (χ4n) is 2.43. The van der Waals surface area contributed by atoms with Gasteiger partial charge in [0, 0.05) is 25.3 Å². The first-order valence-corrected chi connectivity index (χ1v) is 8.31. The summed E-state index contributed by atoms with van der Waals surface area (Å²) in [7, 11) is 0. The van der Waals surface area contributed by atoms with E-state index in [1.807, 2.05) is 23.1 Å². The second-order valence-electron chi connectivity index (χ2n) is 5.20. The predicted octanol–water partition coefficient (Wildman–Crippen LogP) is 1.96. The van der Waals surface area contributed by atoms with Crippen LogP contribution in [0.1, 0.15) is 5.69 Å². The molecule has 3 heterocycles. The molecule has 2 aromatic heterocycles. The summed E-state index contributed by atoms with van der Waals surface area (Å²) in [6, 6.07) is 6.15. The van der Waals surface area contributed by atoms with E-state index in [2.05, 4.69) is 22.5 Å². The standard InChI is InChI=1S/C15H20N4O2S/c1-12-11-13(14-3-2-10-22-14)17-19(12)5-4-16-15(20)18-6-8-21-9-7-18/h2-3,10-11H,4-9H2,1H3,(H,16,20). The molecule has 0 aliphatic carbocycles. The van der Waals surface area contributed by atoms with E-state index in [4.69, 9.17) is 4.74 Å². The molecule has 2 amide bonds. The van der Waals surface area contributed by atoms with E-state index in [1.54, 1.807) is 16.2 Å². The van der Waals surface area contributed by atoms with Gasteiger partial charge in [-0.25, -0.2) is 4.79 Å². The van der Waals surface area contributed by atoms with Crippen LogP contribution in [0, 0.1) is 6.92 Å². The van der Waals surface area contributed by atoms with E-state index < -0.39 is 0 Å². The number of aromatic nitrogens is 2. The first-order chi connectivity index (χ1) is 10.7. The number of nitrogens with zero attached hydrogens (tertiary/aromatic N) is 3. The van der Waals surface area contributed by atoms with Gasteiger partial charge < -0.3 is 15.0 Å². The van der Waals surface area contributed by atoms with Gasteiger partial charge in [0.2, 0.25) is 0 Å². The highest BCUT2D eigenvalue weighted by atomic mass is 32.1. The number of amides is 2. The fourth-order valence-corrected chi connectivity index (χ4v) is 3.11. The van der Waals surface area contributed by atoms with Crippen LogP contribution in [0.2, 0.25) is 0 Å². The first kappa shape index (κ1) is 15.1. The second-order valence-corrected chi connectivity index (χ2v) is 6.15. The molecule has 0 radical (unpaired) electrons. The molecule has 0 unspecified atom stereocenters. The molecule has 0 spiro atoms. The van der Waals surface area contributed by atoms with Crippen LogP contribution in [0.5, 0.6) is 0 Å². The number of carbonyl (C=O) groups is 1. The van der Waals surface area contributed by atoms with Gasteiger partial charge in [-0.3, -0.25) is 4.68 Å². The monoisotopic (exact) mass is 320 g/mol. The van der Waals surface area contributed by atoms with Gasteiger partial charge in [0.1, 0.15) is 5.69 Å². The lowest BCUT2D eigenvalue weighted by molar-refractivity contribution is 0.0532. The topological polar surface area (TPSA) is 59.4 Å². The molecule has 1 N–H and O–H groups in total. The summed E-state index contributed by atoms with van der Waals surface area (Å²) in [5.74, 6) is 0. The van der Waals surface area contributed by atoms with Gasteiger partial charge in [-0.1, -0.05) is 6.07 Å². The summed E-state index contributed by atoms with van der Waals surface area (Å²) < 4.78 is 7.18. The summed E-state index contributed by atoms with van der Waals surface area (Å²) in [5, 5.41) is 9.60. The molecule has 0 aromatic carbocycles. The van der Waals surface area contributed by atoms with Crippen LogP contribution in [-0.2, 0) is 11.3 Å². The highest BCUT2D eigenvalue weighted by molar-refractivity contribution is 7.13. The number of morpholine rings is 1. The number of carbonyl (C=O) groups excluding carboxylic acids is 1. The van der Waals surface area contributed by atoms with E-state index >= 15 is 0 Å². The van der Waals surface area contributed by atoms with Crippen molar-refractivity contribution in [2.75, 3.05) is 32.8 Å². The summed E-state index contributed by atoms with van der Waals surface area (Å²) >= 11 is 1.68. The fraction of sp³-hybridized carbons (Fsp3) is 0.467. The number of nitrogens with one attached hydrogen (secondary N) is 1. The normalized spacial score (nSPS) is 15.0. The Balaban J connectivity index is 1.52. The molecule has 1 aliphatic rings. The Bertz CT molecular complexity index is 618. The van der Waals surface area contributed by atoms with Gasteiger partial charge >= 0.3 is 6.03 Å². The van der Waals surface area contributed by atoms with Gasteiger partial charge in [0.05, 0.1) is 24.6 Å². The van der Waals surface area contributed by atoms with Gasteiger partial charge in [-0.2, -0.15) is 5.10 Å². The highest BCUT2D eigenvalue weighted by Gasteiger charge is 2.16. The third kappa shape index (κ3) is 3.48. The molecule has 1 aliphatic heterocycles. The number of ether oxygens (including phenoxy) is 1. The lowest BCUT2D eigenvalue weighted by atomic mass is 10.3. The van der Waals surface area contributed by atoms with Crippen molar-refractivity contribution in [3.05, 3.63) is 29.3 Å². The summed E-state index contributed by atoms with van der Waals surface area (Å²) in [4.78, 5) is 15.0. The molecule has 6 nitrogen and oxygen atoms in total. The molecule has 0 atom stereocenters. The molecule has 22 heavy (non-hydrogen) atoms. The summed E-state index contributed by atoms with van der Waals surface area (Å²) in [6.45, 7) is 5.85. The Morgan fingerprint density at radius 3 is 3.00 bits per heavy atom. The van der Waals surface area contributed by atoms with E-state index in [0.29, 0.717) is 39.4 Å². The number of urea groups is 1. The summed E-state index contributed by atoms with van der Waals surface area (Å²) in [6.07, 6.45) is 0. The van der Waals surface area contributed by atoms with Crippen LogP contribution >= 0.6 is 11.3 Å². The average Bonchev–Trinajstić information content (AvgIpc) is 3.18. The highest BCUT2D eigenvalue weighted by Crippen LogP contribution is 2.23. The van der Waals surface area contributed by atoms with Crippen molar-refractivity contribution in [2.24, 2.45) is 0 Å². The van der Waals surface area contributed by atoms with Crippen LogP contribution in [0.4, 0.5) is 4.79 Å². The average molecular weight is 320 g/mol. The molecule has 3 rings (SSSR count). The Labute approximate surface area is 133 Å². The quantitative estimate of drug-likeness (QED) is 0.937. The third-order valence-electron chi connectivity index (χ3n) is 3.65. The van der Waals surface area contributed by atoms with E-state index in [1.165, 1.54) is 4.88 Å². The first-order valence-electron chi connectivity index (χ1n) is 7.43.